The second kappa shape index (κ2) is 16.0. The summed E-state index contributed by atoms with van der Waals surface area (Å²) < 4.78 is 29.4. The van der Waals surface area contributed by atoms with Gasteiger partial charge in [-0.15, -0.1) is 0 Å². The minimum atomic E-state index is -1.73. The van der Waals surface area contributed by atoms with Crippen molar-refractivity contribution in [2.75, 3.05) is 19.8 Å². The lowest BCUT2D eigenvalue weighted by atomic mass is 9.33. The molecule has 0 radical (unpaired) electrons. The van der Waals surface area contributed by atoms with Gasteiger partial charge in [0.2, 0.25) is 6.29 Å². The maximum Gasteiger partial charge on any atom is 0.315 e. The van der Waals surface area contributed by atoms with Crippen molar-refractivity contribution in [3.8, 4) is 0 Å². The average Bonchev–Trinajstić information content (AvgIpc) is 3.19. The summed E-state index contributed by atoms with van der Waals surface area (Å²) in [5.74, 6) is -1.74. The van der Waals surface area contributed by atoms with Crippen molar-refractivity contribution in [2.24, 2.45) is 50.2 Å². The molecule has 9 N–H and O–H groups in total. The monoisotopic (exact) mass is 854 g/mol. The average molecular weight is 855 g/mol. The molecule has 342 valence electrons. The van der Waals surface area contributed by atoms with E-state index >= 15 is 0 Å². The highest BCUT2D eigenvalue weighted by molar-refractivity contribution is 5.79. The number of esters is 2. The van der Waals surface area contributed by atoms with Crippen LogP contribution >= 0.6 is 0 Å². The van der Waals surface area contributed by atoms with E-state index in [0.29, 0.717) is 44.9 Å². The van der Waals surface area contributed by atoms with E-state index in [2.05, 4.69) is 40.7 Å². The Balaban J connectivity index is 1.22. The molecule has 0 aromatic rings. The van der Waals surface area contributed by atoms with Gasteiger partial charge in [-0.25, -0.2) is 0 Å². The van der Waals surface area contributed by atoms with Gasteiger partial charge in [-0.05, 0) is 111 Å². The van der Waals surface area contributed by atoms with Crippen molar-refractivity contribution in [3.63, 3.8) is 0 Å². The van der Waals surface area contributed by atoms with Crippen molar-refractivity contribution in [1.29, 1.82) is 0 Å². The van der Waals surface area contributed by atoms with E-state index in [1.807, 2.05) is 0 Å². The lowest BCUT2D eigenvalue weighted by Gasteiger charge is -2.71. The van der Waals surface area contributed by atoms with Gasteiger partial charge in [0.25, 0.3) is 0 Å². The van der Waals surface area contributed by atoms with Gasteiger partial charge in [-0.1, -0.05) is 46.3 Å². The first kappa shape index (κ1) is 46.2. The zero-order valence-electron chi connectivity index (χ0n) is 36.1. The predicted molar refractivity (Wildman–Crippen MR) is 210 cm³/mol. The van der Waals surface area contributed by atoms with Gasteiger partial charge >= 0.3 is 11.9 Å². The molecule has 16 nitrogen and oxygen atoms in total. The Kier molecular flexibility index (Phi) is 12.3. The molecular formula is C44H70O16. The second-order valence-electron chi connectivity index (χ2n) is 21.0. The molecule has 2 heterocycles. The third-order valence-electron chi connectivity index (χ3n) is 17.5. The number of ether oxygens (including phenoxy) is 5. The Bertz CT molecular complexity index is 1650. The first-order valence-corrected chi connectivity index (χ1v) is 22.0. The largest absolute Gasteiger partial charge is 0.465 e. The number of hydrogen-bond donors (Lipinski definition) is 9. The fourth-order valence-electron chi connectivity index (χ4n) is 13.9. The predicted octanol–water partition coefficient (Wildman–Crippen LogP) is 0.830. The lowest BCUT2D eigenvalue weighted by molar-refractivity contribution is -0.341. The summed E-state index contributed by atoms with van der Waals surface area (Å²) in [6.07, 6.45) is -10.6. The van der Waals surface area contributed by atoms with E-state index in [1.54, 1.807) is 13.8 Å². The zero-order valence-corrected chi connectivity index (χ0v) is 36.1. The normalized spacial score (nSPS) is 52.4. The van der Waals surface area contributed by atoms with E-state index in [9.17, 15) is 55.5 Å². The van der Waals surface area contributed by atoms with Crippen LogP contribution in [0.1, 0.15) is 106 Å². The molecule has 0 aromatic heterocycles. The third-order valence-corrected chi connectivity index (χ3v) is 17.5. The van der Waals surface area contributed by atoms with Crippen LogP contribution in [0.15, 0.2) is 11.6 Å². The molecule has 60 heavy (non-hydrogen) atoms. The second-order valence-corrected chi connectivity index (χ2v) is 21.0. The summed E-state index contributed by atoms with van der Waals surface area (Å²) in [7, 11) is 0. The highest BCUT2D eigenvalue weighted by Crippen LogP contribution is 2.76. The smallest absolute Gasteiger partial charge is 0.315 e. The highest BCUT2D eigenvalue weighted by Gasteiger charge is 2.73. The van der Waals surface area contributed by atoms with Gasteiger partial charge in [-0.3, -0.25) is 9.59 Å². The number of aliphatic hydroxyl groups excluding tert-OH is 9. The van der Waals surface area contributed by atoms with Crippen LogP contribution in [-0.4, -0.2) is 151 Å². The number of hydrogen-bond acceptors (Lipinski definition) is 16. The van der Waals surface area contributed by atoms with E-state index < -0.39 is 120 Å². The number of allylic oxidation sites excluding steroid dienone is 2. The van der Waals surface area contributed by atoms with Gasteiger partial charge in [0.05, 0.1) is 36.8 Å². The highest BCUT2D eigenvalue weighted by atomic mass is 16.7. The first-order valence-electron chi connectivity index (χ1n) is 22.0. The van der Waals surface area contributed by atoms with Crippen LogP contribution in [-0.2, 0) is 33.3 Å². The van der Waals surface area contributed by atoms with Crippen molar-refractivity contribution in [1.82, 2.24) is 0 Å². The van der Waals surface area contributed by atoms with Crippen LogP contribution in [0.25, 0.3) is 0 Å². The summed E-state index contributed by atoms with van der Waals surface area (Å²) in [6, 6.07) is 0. The molecule has 6 fully saturated rings. The van der Waals surface area contributed by atoms with Gasteiger partial charge < -0.3 is 69.6 Å². The lowest BCUT2D eigenvalue weighted by Crippen LogP contribution is -2.70. The first-order chi connectivity index (χ1) is 28.0. The molecule has 5 aliphatic carbocycles. The minimum Gasteiger partial charge on any atom is -0.465 e. The Morgan fingerprint density at radius 3 is 1.90 bits per heavy atom. The quantitative estimate of drug-likeness (QED) is 0.0931. The summed E-state index contributed by atoms with van der Waals surface area (Å²) in [4.78, 5) is 29.0. The Morgan fingerprint density at radius 1 is 0.717 bits per heavy atom. The molecule has 20 atom stereocenters. The number of fused-ring (bicyclic) bond motifs is 7. The van der Waals surface area contributed by atoms with Crippen molar-refractivity contribution in [3.05, 3.63) is 11.6 Å². The van der Waals surface area contributed by atoms with E-state index in [0.717, 1.165) is 6.42 Å². The molecule has 2 aliphatic heterocycles. The number of carbonyl (C=O) groups is 2. The molecule has 2 saturated heterocycles. The molecule has 0 spiro atoms. The molecule has 4 saturated carbocycles. The van der Waals surface area contributed by atoms with Crippen LogP contribution in [0.3, 0.4) is 0 Å². The van der Waals surface area contributed by atoms with Crippen LogP contribution in [0.5, 0.6) is 0 Å². The molecule has 0 unspecified atom stereocenters. The molecular weight excluding hydrogens is 784 g/mol. The van der Waals surface area contributed by atoms with Crippen molar-refractivity contribution >= 4 is 11.9 Å². The summed E-state index contributed by atoms with van der Waals surface area (Å²) >= 11 is 0. The van der Waals surface area contributed by atoms with Crippen molar-refractivity contribution in [2.45, 2.75) is 180 Å². The standard InChI is InChI=1S/C44H70O16/c1-8-56-37(54)43(7)27-11-12-42(6)26(40(27,4)18-23(47)34(43)59-35-32(52)30(50)28(48)24(19-45)57-35)10-9-21-22-17-39(2,3)13-15-44(22,16-14-41(21,42)5)38(55)60-36-33(53)31(51)29(49)25(20-46)58-36/h9,22-36,45-53H,8,10-20H2,1-7H3/t22-,23-,24+,25+,26+,27+,28+,29+,30-,31-,32+,33+,34-,35-,36-,40+,41+,42+,43-,44-/m0/s1. The van der Waals surface area contributed by atoms with E-state index in [1.165, 1.54) is 5.57 Å². The summed E-state index contributed by atoms with van der Waals surface area (Å²) in [5.41, 5.74) is -2.75. The third kappa shape index (κ3) is 6.76. The van der Waals surface area contributed by atoms with Crippen LogP contribution in [0, 0.1) is 50.2 Å². The summed E-state index contributed by atoms with van der Waals surface area (Å²) in [5, 5.41) is 95.4. The fourth-order valence-corrected chi connectivity index (χ4v) is 13.9. The number of rotatable bonds is 8. The molecule has 0 bridgehead atoms. The van der Waals surface area contributed by atoms with Crippen LogP contribution in [0.4, 0.5) is 0 Å². The molecule has 7 rings (SSSR count). The van der Waals surface area contributed by atoms with E-state index in [-0.39, 0.29) is 41.6 Å². The maximum absolute atomic E-state index is 14.6. The van der Waals surface area contributed by atoms with Crippen molar-refractivity contribution < 1.29 is 79.2 Å². The van der Waals surface area contributed by atoms with Crippen LogP contribution < -0.4 is 0 Å². The minimum absolute atomic E-state index is 0.0423. The zero-order chi connectivity index (χ0) is 44.1. The van der Waals surface area contributed by atoms with Gasteiger partial charge in [-0.2, -0.15) is 0 Å². The topological polar surface area (TPSA) is 262 Å². The van der Waals surface area contributed by atoms with Crippen LogP contribution in [0.2, 0.25) is 0 Å². The molecule has 16 heteroatoms. The van der Waals surface area contributed by atoms with Gasteiger partial charge in [0.15, 0.2) is 6.29 Å². The Labute approximate surface area is 352 Å². The van der Waals surface area contributed by atoms with Gasteiger partial charge in [0.1, 0.15) is 54.9 Å². The van der Waals surface area contributed by atoms with E-state index in [4.69, 9.17) is 23.7 Å². The number of carbonyl (C=O) groups excluding carboxylic acids is 2. The molecule has 0 amide bonds. The Morgan fingerprint density at radius 2 is 1.30 bits per heavy atom. The van der Waals surface area contributed by atoms with Gasteiger partial charge in [0, 0.05) is 0 Å². The Hall–Kier alpha value is -1.80. The summed E-state index contributed by atoms with van der Waals surface area (Å²) in [6.45, 7) is 13.3. The maximum atomic E-state index is 14.6. The SMILES string of the molecule is CCOC(=O)[C@@]1(C)[C@@H]2CC[C@]3(C)[C@H](CC=C4[C@@H]5CC(C)(C)CC[C@]5(C(=O)O[C@@H]5O[C@H](CO)[C@@H](O)[C@H](O)[C@H]5O)CC[C@]43C)[C@@]2(C)C[C@H](O)[C@@H]1O[C@@H]1O[C@H](CO)[C@@H](O)[C@H](O)[C@H]1O. The molecule has 7 aliphatic rings. The molecule has 0 aromatic carbocycles. The number of aliphatic hydroxyl groups is 9. The fraction of sp³-hybridized carbons (Fsp3) is 0.909.